The molecule has 1 aromatic carbocycles. The van der Waals surface area contributed by atoms with E-state index in [0.29, 0.717) is 11.3 Å². The summed E-state index contributed by atoms with van der Waals surface area (Å²) in [5.41, 5.74) is -0.225. The average molecular weight is 331 g/mol. The molecular weight excluding hydrogens is 315 g/mol. The summed E-state index contributed by atoms with van der Waals surface area (Å²) in [7, 11) is 0. The molecule has 0 aromatic heterocycles. The second-order valence-corrected chi connectivity index (χ2v) is 6.59. The van der Waals surface area contributed by atoms with Crippen LogP contribution in [0.25, 0.3) is 0 Å². The first kappa shape index (κ1) is 16.9. The van der Waals surface area contributed by atoms with Crippen molar-refractivity contribution in [2.24, 2.45) is 5.92 Å². The summed E-state index contributed by atoms with van der Waals surface area (Å²) in [4.78, 5) is 24.3. The van der Waals surface area contributed by atoms with Crippen LogP contribution in [0, 0.1) is 12.8 Å². The minimum absolute atomic E-state index is 0.0579. The molecule has 22 heavy (non-hydrogen) atoms. The van der Waals surface area contributed by atoms with E-state index in [1.807, 2.05) is 0 Å². The number of hydrogen-bond acceptors (Lipinski definition) is 3. The lowest BCUT2D eigenvalue weighted by Crippen LogP contribution is -2.27. The quantitative estimate of drug-likeness (QED) is 0.848. The number of benzene rings is 1. The Morgan fingerprint density at radius 3 is 2.68 bits per heavy atom. The lowest BCUT2D eigenvalue weighted by Gasteiger charge is -2.22. The number of carbonyl (C=O) groups excluding carboxylic acids is 2. The van der Waals surface area contributed by atoms with Gasteiger partial charge >= 0.3 is 6.18 Å². The highest BCUT2D eigenvalue weighted by molar-refractivity contribution is 8.13. The van der Waals surface area contributed by atoms with Crippen molar-refractivity contribution in [3.63, 3.8) is 0 Å². The van der Waals surface area contributed by atoms with Crippen molar-refractivity contribution in [2.45, 2.75) is 26.4 Å². The number of anilines is 1. The normalized spacial score (nSPS) is 18.9. The Morgan fingerprint density at radius 2 is 2.09 bits per heavy atom. The standard InChI is InChI=1S/C15H16F3NO2S/c1-9-3-4-12(15(16,17)18)13(5-9)19-7-11(6-14(19)21)8-22-10(2)20/h3-5,11H,6-8H2,1-2H3. The number of alkyl halides is 3. The van der Waals surface area contributed by atoms with Gasteiger partial charge < -0.3 is 4.90 Å². The second kappa shape index (κ2) is 6.32. The van der Waals surface area contributed by atoms with Crippen LogP contribution in [0.5, 0.6) is 0 Å². The summed E-state index contributed by atoms with van der Waals surface area (Å²) in [5.74, 6) is 0.0123. The first-order valence-electron chi connectivity index (χ1n) is 6.80. The molecule has 1 aliphatic rings. The van der Waals surface area contributed by atoms with Crippen LogP contribution in [-0.4, -0.2) is 23.3 Å². The maximum absolute atomic E-state index is 13.1. The Balaban J connectivity index is 2.26. The van der Waals surface area contributed by atoms with E-state index >= 15 is 0 Å². The van der Waals surface area contributed by atoms with Gasteiger partial charge in [-0.2, -0.15) is 13.2 Å². The fourth-order valence-electron chi connectivity index (χ4n) is 2.47. The van der Waals surface area contributed by atoms with Gasteiger partial charge in [-0.1, -0.05) is 17.8 Å². The van der Waals surface area contributed by atoms with Crippen LogP contribution in [0.2, 0.25) is 0 Å². The van der Waals surface area contributed by atoms with E-state index in [-0.39, 0.29) is 35.6 Å². The molecule has 2 rings (SSSR count). The predicted molar refractivity (Wildman–Crippen MR) is 79.8 cm³/mol. The van der Waals surface area contributed by atoms with Crippen molar-refractivity contribution in [3.05, 3.63) is 29.3 Å². The SMILES string of the molecule is CC(=O)SCC1CC(=O)N(c2cc(C)ccc2C(F)(F)F)C1. The lowest BCUT2D eigenvalue weighted by atomic mass is 10.1. The van der Waals surface area contributed by atoms with Gasteiger partial charge in [-0.05, 0) is 30.5 Å². The minimum Gasteiger partial charge on any atom is -0.311 e. The Kier molecular flexibility index (Phi) is 4.84. The van der Waals surface area contributed by atoms with Gasteiger partial charge in [-0.15, -0.1) is 0 Å². The Morgan fingerprint density at radius 1 is 1.41 bits per heavy atom. The predicted octanol–water partition coefficient (Wildman–Crippen LogP) is 3.65. The van der Waals surface area contributed by atoms with E-state index in [1.54, 1.807) is 6.92 Å². The number of thioether (sulfide) groups is 1. The number of amides is 1. The average Bonchev–Trinajstić information content (AvgIpc) is 2.76. The smallest absolute Gasteiger partial charge is 0.311 e. The van der Waals surface area contributed by atoms with Gasteiger partial charge in [0.05, 0.1) is 11.3 Å². The van der Waals surface area contributed by atoms with Crippen LogP contribution >= 0.6 is 11.8 Å². The second-order valence-electron chi connectivity index (χ2n) is 5.40. The maximum atomic E-state index is 13.1. The van der Waals surface area contributed by atoms with E-state index in [2.05, 4.69) is 0 Å². The molecule has 1 heterocycles. The molecule has 1 unspecified atom stereocenters. The van der Waals surface area contributed by atoms with Crippen molar-refractivity contribution in [3.8, 4) is 0 Å². The summed E-state index contributed by atoms with van der Waals surface area (Å²) < 4.78 is 39.4. The zero-order valence-corrected chi connectivity index (χ0v) is 13.1. The van der Waals surface area contributed by atoms with E-state index in [0.717, 1.165) is 17.8 Å². The van der Waals surface area contributed by atoms with Crippen molar-refractivity contribution in [2.75, 3.05) is 17.2 Å². The molecule has 1 aromatic rings. The number of rotatable bonds is 3. The molecular formula is C15H16F3NO2S. The molecule has 1 saturated heterocycles. The fraction of sp³-hybridized carbons (Fsp3) is 0.467. The molecule has 1 fully saturated rings. The molecule has 7 heteroatoms. The largest absolute Gasteiger partial charge is 0.418 e. The van der Waals surface area contributed by atoms with Crippen LogP contribution in [0.3, 0.4) is 0 Å². The fourth-order valence-corrected chi connectivity index (χ4v) is 3.16. The molecule has 0 spiro atoms. The number of nitrogens with zero attached hydrogens (tertiary/aromatic N) is 1. The zero-order valence-electron chi connectivity index (χ0n) is 12.2. The van der Waals surface area contributed by atoms with Gasteiger partial charge in [0.1, 0.15) is 0 Å². The molecule has 0 bridgehead atoms. The molecule has 120 valence electrons. The molecule has 3 nitrogen and oxygen atoms in total. The van der Waals surface area contributed by atoms with Gasteiger partial charge in [-0.3, -0.25) is 9.59 Å². The van der Waals surface area contributed by atoms with Crippen LogP contribution < -0.4 is 4.90 Å². The van der Waals surface area contributed by atoms with Crippen LogP contribution in [0.1, 0.15) is 24.5 Å². The molecule has 0 radical (unpaired) electrons. The zero-order chi connectivity index (χ0) is 16.5. The van der Waals surface area contributed by atoms with Gasteiger partial charge in [0.2, 0.25) is 5.91 Å². The van der Waals surface area contributed by atoms with Gasteiger partial charge in [0, 0.05) is 25.6 Å². The van der Waals surface area contributed by atoms with Crippen LogP contribution in [0.4, 0.5) is 18.9 Å². The van der Waals surface area contributed by atoms with E-state index < -0.39 is 11.7 Å². The van der Waals surface area contributed by atoms with Gasteiger partial charge in [0.25, 0.3) is 0 Å². The molecule has 0 N–H and O–H groups in total. The molecule has 0 aliphatic carbocycles. The van der Waals surface area contributed by atoms with Gasteiger partial charge in [-0.25, -0.2) is 0 Å². The van der Waals surface area contributed by atoms with Crippen LogP contribution in [0.15, 0.2) is 18.2 Å². The molecule has 1 aliphatic heterocycles. The molecule has 1 amide bonds. The maximum Gasteiger partial charge on any atom is 0.418 e. The third kappa shape index (κ3) is 3.82. The van der Waals surface area contributed by atoms with Crippen molar-refractivity contribution in [1.82, 2.24) is 0 Å². The summed E-state index contributed by atoms with van der Waals surface area (Å²) >= 11 is 1.10. The topological polar surface area (TPSA) is 37.4 Å². The Bertz CT molecular complexity index is 601. The monoisotopic (exact) mass is 331 g/mol. The Hall–Kier alpha value is -1.50. The Labute approximate surface area is 130 Å². The van der Waals surface area contributed by atoms with Crippen molar-refractivity contribution < 1.29 is 22.8 Å². The van der Waals surface area contributed by atoms with Gasteiger partial charge in [0.15, 0.2) is 5.12 Å². The first-order chi connectivity index (χ1) is 10.2. The summed E-state index contributed by atoms with van der Waals surface area (Å²) in [5, 5.41) is -0.0579. The summed E-state index contributed by atoms with van der Waals surface area (Å²) in [6, 6.07) is 3.78. The molecule has 0 saturated carbocycles. The highest BCUT2D eigenvalue weighted by atomic mass is 32.2. The summed E-state index contributed by atoms with van der Waals surface area (Å²) in [6.45, 7) is 3.33. The number of aryl methyl sites for hydroxylation is 1. The van der Waals surface area contributed by atoms with E-state index in [4.69, 9.17) is 0 Å². The number of halogens is 3. The third-order valence-electron chi connectivity index (χ3n) is 3.48. The van der Waals surface area contributed by atoms with E-state index in [9.17, 15) is 22.8 Å². The number of carbonyl (C=O) groups is 2. The lowest BCUT2D eigenvalue weighted by molar-refractivity contribution is -0.137. The molecule has 1 atom stereocenters. The van der Waals surface area contributed by atoms with Crippen molar-refractivity contribution in [1.29, 1.82) is 0 Å². The third-order valence-corrected chi connectivity index (χ3v) is 4.52. The highest BCUT2D eigenvalue weighted by Crippen LogP contribution is 2.39. The van der Waals surface area contributed by atoms with Crippen molar-refractivity contribution >= 4 is 28.5 Å². The highest BCUT2D eigenvalue weighted by Gasteiger charge is 2.39. The number of hydrogen-bond donors (Lipinski definition) is 0. The van der Waals surface area contributed by atoms with Crippen LogP contribution in [-0.2, 0) is 15.8 Å². The first-order valence-corrected chi connectivity index (χ1v) is 7.78. The van der Waals surface area contributed by atoms with E-state index in [1.165, 1.54) is 24.0 Å². The summed E-state index contributed by atoms with van der Waals surface area (Å²) in [6.07, 6.45) is -4.33. The minimum atomic E-state index is -4.50.